The van der Waals surface area contributed by atoms with Gasteiger partial charge in [0, 0.05) is 12.6 Å². The van der Waals surface area contributed by atoms with Crippen LogP contribution in [0.15, 0.2) is 10.6 Å². The Morgan fingerprint density at radius 2 is 2.31 bits per heavy atom. The van der Waals surface area contributed by atoms with Crippen molar-refractivity contribution in [2.45, 2.75) is 52.9 Å². The van der Waals surface area contributed by atoms with Crippen LogP contribution in [0.2, 0.25) is 0 Å². The average molecular weight is 226 g/mol. The molecule has 16 heavy (non-hydrogen) atoms. The van der Waals surface area contributed by atoms with Crippen LogP contribution in [0.5, 0.6) is 0 Å². The summed E-state index contributed by atoms with van der Waals surface area (Å²) in [5.41, 5.74) is 0.941. The first-order valence-corrected chi connectivity index (χ1v) is 6.03. The molecule has 0 aliphatic heterocycles. The maximum atomic E-state index is 5.56. The molecular weight excluding hydrogens is 204 g/mol. The van der Waals surface area contributed by atoms with Crippen LogP contribution in [0.4, 0.5) is 0 Å². The van der Waals surface area contributed by atoms with E-state index in [0.29, 0.717) is 6.61 Å². The van der Waals surface area contributed by atoms with Crippen molar-refractivity contribution in [1.29, 1.82) is 0 Å². The molecule has 1 atom stereocenters. The fraction of sp³-hybridized carbons (Fsp3) is 0.750. The van der Waals surface area contributed by atoms with Crippen LogP contribution in [-0.2, 0) is 17.9 Å². The van der Waals surface area contributed by atoms with E-state index < -0.39 is 0 Å². The largest absolute Gasteiger partial charge is 0.370 e. The van der Waals surface area contributed by atoms with Gasteiger partial charge in [0.15, 0.2) is 5.76 Å². The molecule has 1 unspecified atom stereocenters. The Hall–Kier alpha value is -0.870. The summed E-state index contributed by atoms with van der Waals surface area (Å²) in [4.78, 5) is 0. The molecule has 4 heteroatoms. The molecular formula is C12H22N2O2. The zero-order valence-corrected chi connectivity index (χ0v) is 10.5. The Labute approximate surface area is 97.3 Å². The van der Waals surface area contributed by atoms with Gasteiger partial charge in [-0.3, -0.25) is 0 Å². The van der Waals surface area contributed by atoms with Crippen molar-refractivity contribution in [1.82, 2.24) is 10.5 Å². The Morgan fingerprint density at radius 1 is 1.50 bits per heavy atom. The smallest absolute Gasteiger partial charge is 0.162 e. The second-order valence-corrected chi connectivity index (χ2v) is 3.99. The molecule has 0 aliphatic carbocycles. The molecule has 0 spiro atoms. The van der Waals surface area contributed by atoms with Gasteiger partial charge in [0.2, 0.25) is 0 Å². The Balaban J connectivity index is 2.28. The number of rotatable bonds is 8. The summed E-state index contributed by atoms with van der Waals surface area (Å²) in [7, 11) is 0. The standard InChI is InChI=1S/C12H22N2O2/c1-4-6-13-8-11-7-12(16-14-11)9-15-10(3)5-2/h7,10,13H,4-6,8-9H2,1-3H3. The topological polar surface area (TPSA) is 47.3 Å². The number of hydrogen-bond donors (Lipinski definition) is 1. The van der Waals surface area contributed by atoms with Crippen LogP contribution < -0.4 is 5.32 Å². The molecule has 0 aliphatic rings. The van der Waals surface area contributed by atoms with E-state index in [1.54, 1.807) is 0 Å². The summed E-state index contributed by atoms with van der Waals surface area (Å²) in [6.07, 6.45) is 2.41. The van der Waals surface area contributed by atoms with Crippen molar-refractivity contribution in [2.75, 3.05) is 6.54 Å². The fourth-order valence-electron chi connectivity index (χ4n) is 1.24. The average Bonchev–Trinajstić information content (AvgIpc) is 2.74. The van der Waals surface area contributed by atoms with Crippen LogP contribution >= 0.6 is 0 Å². The van der Waals surface area contributed by atoms with Gasteiger partial charge in [0.25, 0.3) is 0 Å². The molecule has 0 aromatic carbocycles. The van der Waals surface area contributed by atoms with Gasteiger partial charge in [-0.2, -0.15) is 0 Å². The molecule has 1 aromatic heterocycles. The Kier molecular flexibility index (Phi) is 6.11. The minimum atomic E-state index is 0.270. The lowest BCUT2D eigenvalue weighted by Gasteiger charge is -2.07. The van der Waals surface area contributed by atoms with Gasteiger partial charge in [0.05, 0.1) is 11.8 Å². The number of hydrogen-bond acceptors (Lipinski definition) is 4. The second kappa shape index (κ2) is 7.41. The lowest BCUT2D eigenvalue weighted by atomic mass is 10.3. The second-order valence-electron chi connectivity index (χ2n) is 3.99. The van der Waals surface area contributed by atoms with E-state index in [0.717, 1.165) is 37.4 Å². The third-order valence-electron chi connectivity index (χ3n) is 2.43. The minimum absolute atomic E-state index is 0.270. The van der Waals surface area contributed by atoms with E-state index in [1.165, 1.54) is 0 Å². The summed E-state index contributed by atoms with van der Waals surface area (Å²) in [6.45, 7) is 8.58. The van der Waals surface area contributed by atoms with Crippen LogP contribution in [0.1, 0.15) is 45.1 Å². The van der Waals surface area contributed by atoms with E-state index in [1.807, 2.05) is 6.07 Å². The highest BCUT2D eigenvalue weighted by molar-refractivity contribution is 5.04. The number of aromatic nitrogens is 1. The van der Waals surface area contributed by atoms with Crippen LogP contribution in [0, 0.1) is 0 Å². The highest BCUT2D eigenvalue weighted by Gasteiger charge is 2.05. The maximum Gasteiger partial charge on any atom is 0.162 e. The monoisotopic (exact) mass is 226 g/mol. The van der Waals surface area contributed by atoms with E-state index in [9.17, 15) is 0 Å². The fourth-order valence-corrected chi connectivity index (χ4v) is 1.24. The van der Waals surface area contributed by atoms with Crippen molar-refractivity contribution in [3.8, 4) is 0 Å². The van der Waals surface area contributed by atoms with Gasteiger partial charge in [-0.15, -0.1) is 0 Å². The number of nitrogens with one attached hydrogen (secondary N) is 1. The highest BCUT2D eigenvalue weighted by Crippen LogP contribution is 2.07. The SMILES string of the molecule is CCCNCc1cc(COC(C)CC)on1. The molecule has 4 nitrogen and oxygen atoms in total. The highest BCUT2D eigenvalue weighted by atomic mass is 16.5. The van der Waals surface area contributed by atoms with Gasteiger partial charge in [-0.1, -0.05) is 19.0 Å². The molecule has 0 saturated carbocycles. The van der Waals surface area contributed by atoms with E-state index in [2.05, 4.69) is 31.2 Å². The Bertz CT molecular complexity index is 286. The van der Waals surface area contributed by atoms with Gasteiger partial charge in [-0.05, 0) is 26.3 Å². The van der Waals surface area contributed by atoms with Crippen molar-refractivity contribution >= 4 is 0 Å². The summed E-state index contributed by atoms with van der Waals surface area (Å²) in [5.74, 6) is 0.800. The van der Waals surface area contributed by atoms with Gasteiger partial charge < -0.3 is 14.6 Å². The first kappa shape index (κ1) is 13.2. The van der Waals surface area contributed by atoms with E-state index in [-0.39, 0.29) is 6.10 Å². The molecule has 0 bridgehead atoms. The van der Waals surface area contributed by atoms with Crippen molar-refractivity contribution < 1.29 is 9.26 Å². The molecule has 0 saturated heterocycles. The summed E-state index contributed by atoms with van der Waals surface area (Å²) in [6, 6.07) is 1.95. The third-order valence-corrected chi connectivity index (χ3v) is 2.43. The van der Waals surface area contributed by atoms with Crippen molar-refractivity contribution in [3.05, 3.63) is 17.5 Å². The molecule has 0 fully saturated rings. The normalized spacial score (nSPS) is 12.9. The predicted octanol–water partition coefficient (Wildman–Crippen LogP) is 2.49. The Morgan fingerprint density at radius 3 is 3.00 bits per heavy atom. The van der Waals surface area contributed by atoms with Crippen LogP contribution in [-0.4, -0.2) is 17.8 Å². The molecule has 92 valence electrons. The van der Waals surface area contributed by atoms with E-state index in [4.69, 9.17) is 9.26 Å². The number of nitrogens with zero attached hydrogens (tertiary/aromatic N) is 1. The van der Waals surface area contributed by atoms with Gasteiger partial charge in [0.1, 0.15) is 6.61 Å². The van der Waals surface area contributed by atoms with Crippen molar-refractivity contribution in [2.24, 2.45) is 0 Å². The van der Waals surface area contributed by atoms with E-state index >= 15 is 0 Å². The molecule has 1 rings (SSSR count). The zero-order valence-electron chi connectivity index (χ0n) is 10.5. The minimum Gasteiger partial charge on any atom is -0.370 e. The number of ether oxygens (including phenoxy) is 1. The first-order valence-electron chi connectivity index (χ1n) is 6.03. The van der Waals surface area contributed by atoms with Crippen molar-refractivity contribution in [3.63, 3.8) is 0 Å². The molecule has 1 heterocycles. The molecule has 1 aromatic rings. The predicted molar refractivity (Wildman–Crippen MR) is 63.0 cm³/mol. The maximum absolute atomic E-state index is 5.56. The molecule has 0 amide bonds. The summed E-state index contributed by atoms with van der Waals surface area (Å²) >= 11 is 0. The summed E-state index contributed by atoms with van der Waals surface area (Å²) < 4.78 is 10.7. The zero-order chi connectivity index (χ0) is 11.8. The van der Waals surface area contributed by atoms with Crippen LogP contribution in [0.3, 0.4) is 0 Å². The quantitative estimate of drug-likeness (QED) is 0.692. The lowest BCUT2D eigenvalue weighted by molar-refractivity contribution is 0.0377. The molecule has 1 N–H and O–H groups in total. The third kappa shape index (κ3) is 4.77. The first-order chi connectivity index (χ1) is 7.76. The lowest BCUT2D eigenvalue weighted by Crippen LogP contribution is -2.13. The molecule has 0 radical (unpaired) electrons. The summed E-state index contributed by atoms with van der Waals surface area (Å²) in [5, 5.41) is 7.25. The van der Waals surface area contributed by atoms with Gasteiger partial charge >= 0.3 is 0 Å². The van der Waals surface area contributed by atoms with Gasteiger partial charge in [-0.25, -0.2) is 0 Å². The van der Waals surface area contributed by atoms with Crippen LogP contribution in [0.25, 0.3) is 0 Å².